The lowest BCUT2D eigenvalue weighted by Crippen LogP contribution is -2.11. The Morgan fingerprint density at radius 1 is 1.00 bits per heavy atom. The van der Waals surface area contributed by atoms with E-state index >= 15 is 0 Å². The minimum atomic E-state index is 0.312. The average Bonchev–Trinajstić information content (AvgIpc) is 2.40. The van der Waals surface area contributed by atoms with Crippen molar-refractivity contribution < 1.29 is 9.84 Å². The van der Waals surface area contributed by atoms with E-state index in [2.05, 4.69) is 6.92 Å². The van der Waals surface area contributed by atoms with Gasteiger partial charge in [0.2, 0.25) is 0 Å². The number of aromatic hydroxyl groups is 1. The minimum absolute atomic E-state index is 0.312. The third kappa shape index (κ3) is 3.81. The molecule has 0 aliphatic heterocycles. The van der Waals surface area contributed by atoms with Gasteiger partial charge in [-0.3, -0.25) is 0 Å². The molecule has 2 heteroatoms. The van der Waals surface area contributed by atoms with E-state index in [1.54, 1.807) is 12.1 Å². The number of phenols is 1. The Labute approximate surface area is 108 Å². The van der Waals surface area contributed by atoms with Crippen LogP contribution in [0.4, 0.5) is 0 Å². The first-order valence-corrected chi connectivity index (χ1v) is 6.20. The van der Waals surface area contributed by atoms with Crippen LogP contribution in [0.3, 0.4) is 0 Å². The van der Waals surface area contributed by atoms with Gasteiger partial charge in [0.25, 0.3) is 0 Å². The van der Waals surface area contributed by atoms with E-state index in [4.69, 9.17) is 4.74 Å². The highest BCUT2D eigenvalue weighted by atomic mass is 16.5. The third-order valence-corrected chi connectivity index (χ3v) is 2.80. The van der Waals surface area contributed by atoms with Crippen LogP contribution in [0.5, 0.6) is 11.5 Å². The summed E-state index contributed by atoms with van der Waals surface area (Å²) < 4.78 is 5.71. The van der Waals surface area contributed by atoms with Crippen LogP contribution in [0.2, 0.25) is 0 Å². The summed E-state index contributed by atoms with van der Waals surface area (Å²) in [5, 5.41) is 9.22. The third-order valence-electron chi connectivity index (χ3n) is 2.80. The summed E-state index contributed by atoms with van der Waals surface area (Å²) in [6.45, 7) is 2.86. The number of hydrogen-bond donors (Lipinski definition) is 1. The molecule has 0 saturated carbocycles. The van der Waals surface area contributed by atoms with E-state index in [1.165, 1.54) is 5.56 Å². The van der Waals surface area contributed by atoms with Gasteiger partial charge < -0.3 is 9.84 Å². The van der Waals surface area contributed by atoms with E-state index in [1.807, 2.05) is 42.5 Å². The molecule has 2 nitrogen and oxygen atoms in total. The molecule has 0 radical (unpaired) electrons. The molecule has 2 aromatic carbocycles. The zero-order valence-electron chi connectivity index (χ0n) is 10.5. The molecule has 0 fully saturated rings. The summed E-state index contributed by atoms with van der Waals surface area (Å²) in [5.74, 6) is 1.66. The van der Waals surface area contributed by atoms with Crippen molar-refractivity contribution in [2.75, 3.05) is 6.61 Å². The van der Waals surface area contributed by atoms with E-state index in [0.29, 0.717) is 18.3 Å². The monoisotopic (exact) mass is 242 g/mol. The first kappa shape index (κ1) is 12.5. The number of benzene rings is 2. The molecule has 0 bridgehead atoms. The van der Waals surface area contributed by atoms with Gasteiger partial charge in [-0.2, -0.15) is 0 Å². The van der Waals surface area contributed by atoms with E-state index in [9.17, 15) is 5.11 Å². The molecule has 2 rings (SSSR count). The average molecular weight is 242 g/mol. The summed E-state index contributed by atoms with van der Waals surface area (Å²) in [6, 6.07) is 17.2. The predicted octanol–water partition coefficient (Wildman–Crippen LogP) is 3.65. The topological polar surface area (TPSA) is 29.5 Å². The Hall–Kier alpha value is -1.96. The van der Waals surface area contributed by atoms with Gasteiger partial charge in [0.1, 0.15) is 11.5 Å². The quantitative estimate of drug-likeness (QED) is 0.867. The molecule has 0 heterocycles. The normalized spacial score (nSPS) is 12.1. The Kier molecular flexibility index (Phi) is 4.24. The van der Waals surface area contributed by atoms with Gasteiger partial charge in [0.05, 0.1) is 6.61 Å². The summed E-state index contributed by atoms with van der Waals surface area (Å²) >= 11 is 0. The Balaban J connectivity index is 1.82. The number of hydrogen-bond acceptors (Lipinski definition) is 2. The fraction of sp³-hybridized carbons (Fsp3) is 0.250. The Morgan fingerprint density at radius 3 is 2.33 bits per heavy atom. The fourth-order valence-corrected chi connectivity index (χ4v) is 1.85. The molecule has 1 N–H and O–H groups in total. The molecule has 1 unspecified atom stereocenters. The maximum absolute atomic E-state index is 9.22. The maximum atomic E-state index is 9.22. The molecule has 94 valence electrons. The van der Waals surface area contributed by atoms with Gasteiger partial charge in [-0.15, -0.1) is 0 Å². The van der Waals surface area contributed by atoms with Gasteiger partial charge in [-0.1, -0.05) is 37.3 Å². The number of ether oxygens (including phenoxy) is 1. The van der Waals surface area contributed by atoms with Gasteiger partial charge in [-0.05, 0) is 42.2 Å². The highest BCUT2D eigenvalue weighted by Crippen LogP contribution is 2.15. The van der Waals surface area contributed by atoms with Crippen molar-refractivity contribution in [2.24, 2.45) is 5.92 Å². The number of phenolic OH excluding ortho intramolecular Hbond substituents is 1. The van der Waals surface area contributed by atoms with Crippen molar-refractivity contribution >= 4 is 0 Å². The molecule has 0 saturated heterocycles. The molecule has 0 spiro atoms. The lowest BCUT2D eigenvalue weighted by atomic mass is 10.0. The second kappa shape index (κ2) is 6.10. The van der Waals surface area contributed by atoms with Gasteiger partial charge in [0, 0.05) is 0 Å². The van der Waals surface area contributed by atoms with Gasteiger partial charge in [-0.25, -0.2) is 0 Å². The summed E-state index contributed by atoms with van der Waals surface area (Å²) in [7, 11) is 0. The largest absolute Gasteiger partial charge is 0.508 e. The van der Waals surface area contributed by atoms with E-state index in [-0.39, 0.29) is 0 Å². The van der Waals surface area contributed by atoms with Crippen molar-refractivity contribution in [3.63, 3.8) is 0 Å². The highest BCUT2D eigenvalue weighted by molar-refractivity contribution is 5.26. The number of para-hydroxylation sites is 1. The number of rotatable bonds is 5. The summed E-state index contributed by atoms with van der Waals surface area (Å²) in [4.78, 5) is 0. The minimum Gasteiger partial charge on any atom is -0.508 e. The van der Waals surface area contributed by atoms with Crippen LogP contribution in [0.15, 0.2) is 54.6 Å². The van der Waals surface area contributed by atoms with Crippen molar-refractivity contribution in [1.29, 1.82) is 0 Å². The molecule has 0 aromatic heterocycles. The molecule has 2 aromatic rings. The Bertz CT molecular complexity index is 462. The lowest BCUT2D eigenvalue weighted by molar-refractivity contribution is 0.259. The molecular weight excluding hydrogens is 224 g/mol. The lowest BCUT2D eigenvalue weighted by Gasteiger charge is -2.13. The van der Waals surface area contributed by atoms with E-state index in [0.717, 1.165) is 12.2 Å². The highest BCUT2D eigenvalue weighted by Gasteiger charge is 2.05. The first-order chi connectivity index (χ1) is 8.74. The van der Waals surface area contributed by atoms with Crippen LogP contribution in [0.25, 0.3) is 0 Å². The second-order valence-corrected chi connectivity index (χ2v) is 4.60. The Morgan fingerprint density at radius 2 is 1.67 bits per heavy atom. The molecular formula is C16H18O2. The van der Waals surface area contributed by atoms with Crippen molar-refractivity contribution in [3.05, 3.63) is 60.2 Å². The molecule has 0 aliphatic rings. The van der Waals surface area contributed by atoms with Gasteiger partial charge in [0.15, 0.2) is 0 Å². The standard InChI is InChI=1S/C16H18O2/c1-13(11-14-7-9-15(17)10-8-14)12-18-16-5-3-2-4-6-16/h2-10,13,17H,11-12H2,1H3. The predicted molar refractivity (Wildman–Crippen MR) is 72.9 cm³/mol. The molecule has 1 atom stereocenters. The SMILES string of the molecule is CC(COc1ccccc1)Cc1ccc(O)cc1. The van der Waals surface area contributed by atoms with Crippen molar-refractivity contribution in [1.82, 2.24) is 0 Å². The summed E-state index contributed by atoms with van der Waals surface area (Å²) in [6.07, 6.45) is 0.952. The van der Waals surface area contributed by atoms with Crippen molar-refractivity contribution in [3.8, 4) is 11.5 Å². The van der Waals surface area contributed by atoms with Crippen molar-refractivity contribution in [2.45, 2.75) is 13.3 Å². The van der Waals surface area contributed by atoms with Crippen LogP contribution in [0, 0.1) is 5.92 Å². The van der Waals surface area contributed by atoms with Crippen LogP contribution >= 0.6 is 0 Å². The first-order valence-electron chi connectivity index (χ1n) is 6.20. The zero-order valence-corrected chi connectivity index (χ0v) is 10.5. The summed E-state index contributed by atoms with van der Waals surface area (Å²) in [5.41, 5.74) is 1.22. The fourth-order valence-electron chi connectivity index (χ4n) is 1.85. The van der Waals surface area contributed by atoms with Crippen LogP contribution in [-0.4, -0.2) is 11.7 Å². The van der Waals surface area contributed by atoms with Crippen LogP contribution in [0.1, 0.15) is 12.5 Å². The molecule has 18 heavy (non-hydrogen) atoms. The van der Waals surface area contributed by atoms with Crippen LogP contribution in [-0.2, 0) is 6.42 Å². The smallest absolute Gasteiger partial charge is 0.119 e. The molecule has 0 aliphatic carbocycles. The molecule has 0 amide bonds. The maximum Gasteiger partial charge on any atom is 0.119 e. The van der Waals surface area contributed by atoms with Crippen LogP contribution < -0.4 is 4.74 Å². The zero-order chi connectivity index (χ0) is 12.8. The second-order valence-electron chi connectivity index (χ2n) is 4.60. The van der Waals surface area contributed by atoms with E-state index < -0.39 is 0 Å². The van der Waals surface area contributed by atoms with Gasteiger partial charge >= 0.3 is 0 Å².